The van der Waals surface area contributed by atoms with Crippen LogP contribution in [0.3, 0.4) is 0 Å². The molecule has 1 aliphatic rings. The Labute approximate surface area is 181 Å². The predicted octanol–water partition coefficient (Wildman–Crippen LogP) is 3.73. The molecule has 0 radical (unpaired) electrons. The molecule has 1 unspecified atom stereocenters. The molecule has 0 spiro atoms. The highest BCUT2D eigenvalue weighted by Gasteiger charge is 2.39. The van der Waals surface area contributed by atoms with E-state index in [9.17, 15) is 9.59 Å². The number of aliphatic imine (C=N–C) groups is 1. The van der Waals surface area contributed by atoms with Crippen molar-refractivity contribution in [3.8, 4) is 0 Å². The molecule has 0 aliphatic carbocycles. The van der Waals surface area contributed by atoms with Gasteiger partial charge in [-0.05, 0) is 43.4 Å². The molecular formula is C25H24N4O2. The fraction of sp³-hybridized carbons (Fsp3) is 0.200. The smallest absolute Gasteiger partial charge is 0.266 e. The van der Waals surface area contributed by atoms with Crippen LogP contribution in [-0.2, 0) is 4.79 Å². The molecule has 2 amide bonds. The van der Waals surface area contributed by atoms with Gasteiger partial charge in [0.15, 0.2) is 0 Å². The molecule has 31 heavy (non-hydrogen) atoms. The first-order valence-electron chi connectivity index (χ1n) is 10.2. The first-order valence-corrected chi connectivity index (χ1v) is 10.2. The molecule has 0 saturated heterocycles. The molecule has 6 nitrogen and oxygen atoms in total. The monoisotopic (exact) mass is 412 g/mol. The molecule has 156 valence electrons. The van der Waals surface area contributed by atoms with Gasteiger partial charge in [0.2, 0.25) is 5.91 Å². The van der Waals surface area contributed by atoms with Crippen molar-refractivity contribution >= 4 is 23.8 Å². The van der Waals surface area contributed by atoms with E-state index in [1.807, 2.05) is 44.4 Å². The van der Waals surface area contributed by atoms with Gasteiger partial charge in [-0.3, -0.25) is 14.6 Å². The summed E-state index contributed by atoms with van der Waals surface area (Å²) in [6.45, 7) is 0.500. The number of carbonyl (C=O) groups excluding carboxylic acids is 2. The molecule has 1 aliphatic heterocycles. The van der Waals surface area contributed by atoms with Crippen LogP contribution in [0, 0.1) is 0 Å². The average Bonchev–Trinajstić information content (AvgIpc) is 2.80. The standard InChI is InChI=1S/C25H24N4O2/c1-28(2)22(18-10-4-3-5-11-18)17-26-16-21-19-12-6-7-13-20(19)24(30)29(25(21)31)23-14-8-9-15-27-23/h3-16,21-22H,17H2,1-2H3/t21?,22-/m1/s1. The van der Waals surface area contributed by atoms with E-state index >= 15 is 0 Å². The molecule has 1 aromatic heterocycles. The summed E-state index contributed by atoms with van der Waals surface area (Å²) in [5.74, 6) is -1.03. The van der Waals surface area contributed by atoms with Gasteiger partial charge < -0.3 is 4.90 Å². The lowest BCUT2D eigenvalue weighted by Gasteiger charge is -2.30. The van der Waals surface area contributed by atoms with Gasteiger partial charge in [-0.15, -0.1) is 0 Å². The van der Waals surface area contributed by atoms with Crippen molar-refractivity contribution in [2.24, 2.45) is 4.99 Å². The van der Waals surface area contributed by atoms with Crippen molar-refractivity contribution in [1.82, 2.24) is 9.88 Å². The van der Waals surface area contributed by atoms with E-state index in [1.54, 1.807) is 42.7 Å². The number of hydrogen-bond acceptors (Lipinski definition) is 5. The van der Waals surface area contributed by atoms with Crippen molar-refractivity contribution in [3.63, 3.8) is 0 Å². The van der Waals surface area contributed by atoms with Crippen molar-refractivity contribution in [2.45, 2.75) is 12.0 Å². The number of imide groups is 1. The Kier molecular flexibility index (Phi) is 6.00. The van der Waals surface area contributed by atoms with Gasteiger partial charge in [0.1, 0.15) is 5.82 Å². The largest absolute Gasteiger partial charge is 0.301 e. The topological polar surface area (TPSA) is 65.9 Å². The number of amides is 2. The second kappa shape index (κ2) is 9.02. The van der Waals surface area contributed by atoms with Crippen LogP contribution in [0.15, 0.2) is 84.0 Å². The summed E-state index contributed by atoms with van der Waals surface area (Å²) in [5.41, 5.74) is 2.33. The predicted molar refractivity (Wildman–Crippen MR) is 121 cm³/mol. The lowest BCUT2D eigenvalue weighted by Crippen LogP contribution is -2.46. The third kappa shape index (κ3) is 4.15. The minimum atomic E-state index is -0.644. The fourth-order valence-corrected chi connectivity index (χ4v) is 3.81. The highest BCUT2D eigenvalue weighted by Crippen LogP contribution is 2.31. The van der Waals surface area contributed by atoms with Gasteiger partial charge in [-0.1, -0.05) is 54.6 Å². The van der Waals surface area contributed by atoms with E-state index in [1.165, 1.54) is 0 Å². The molecule has 0 fully saturated rings. The average molecular weight is 412 g/mol. The maximum Gasteiger partial charge on any atom is 0.266 e. The molecule has 2 aromatic carbocycles. The van der Waals surface area contributed by atoms with E-state index < -0.39 is 5.92 Å². The number of likely N-dealkylation sites (N-methyl/N-ethyl adjacent to an activating group) is 1. The summed E-state index contributed by atoms with van der Waals surface area (Å²) in [6, 6.07) is 22.6. The van der Waals surface area contributed by atoms with Crippen LogP contribution >= 0.6 is 0 Å². The number of aromatic nitrogens is 1. The first kappa shape index (κ1) is 20.6. The number of carbonyl (C=O) groups is 2. The SMILES string of the molecule is CN(C)[C@H](CN=CC1C(=O)N(c2ccccn2)C(=O)c2ccccc21)c1ccccc1. The normalized spacial score (nSPS) is 17.3. The van der Waals surface area contributed by atoms with Crippen LogP contribution < -0.4 is 4.90 Å². The molecule has 4 rings (SSSR count). The fourth-order valence-electron chi connectivity index (χ4n) is 3.81. The van der Waals surface area contributed by atoms with E-state index in [0.29, 0.717) is 23.5 Å². The Balaban J connectivity index is 1.65. The Hall–Kier alpha value is -3.64. The zero-order chi connectivity index (χ0) is 21.8. The molecule has 0 N–H and O–H groups in total. The third-order valence-electron chi connectivity index (χ3n) is 5.43. The van der Waals surface area contributed by atoms with Gasteiger partial charge in [0.05, 0.1) is 18.5 Å². The summed E-state index contributed by atoms with van der Waals surface area (Å²) < 4.78 is 0. The van der Waals surface area contributed by atoms with Gasteiger partial charge in [-0.25, -0.2) is 9.88 Å². The minimum Gasteiger partial charge on any atom is -0.301 e. The number of rotatable bonds is 6. The Bertz CT molecular complexity index is 1100. The van der Waals surface area contributed by atoms with Gasteiger partial charge >= 0.3 is 0 Å². The van der Waals surface area contributed by atoms with Crippen LogP contribution in [0.1, 0.15) is 33.4 Å². The van der Waals surface area contributed by atoms with Crippen LogP contribution in [-0.4, -0.2) is 48.6 Å². The molecule has 6 heteroatoms. The minimum absolute atomic E-state index is 0.0833. The number of nitrogens with zero attached hydrogens (tertiary/aromatic N) is 4. The van der Waals surface area contributed by atoms with Crippen molar-refractivity contribution in [1.29, 1.82) is 0 Å². The lowest BCUT2D eigenvalue weighted by atomic mass is 9.89. The molecule has 0 bridgehead atoms. The number of anilines is 1. The molecule has 0 saturated carbocycles. The molecular weight excluding hydrogens is 388 g/mol. The molecule has 2 heterocycles. The van der Waals surface area contributed by atoms with Gasteiger partial charge in [0, 0.05) is 18.0 Å². The third-order valence-corrected chi connectivity index (χ3v) is 5.43. The number of hydrogen-bond donors (Lipinski definition) is 0. The summed E-state index contributed by atoms with van der Waals surface area (Å²) in [6.07, 6.45) is 3.24. The van der Waals surface area contributed by atoms with Crippen LogP contribution in [0.5, 0.6) is 0 Å². The number of fused-ring (bicyclic) bond motifs is 1. The summed E-state index contributed by atoms with van der Waals surface area (Å²) in [4.78, 5) is 38.5. The zero-order valence-corrected chi connectivity index (χ0v) is 17.6. The number of benzene rings is 2. The van der Waals surface area contributed by atoms with E-state index in [-0.39, 0.29) is 17.9 Å². The summed E-state index contributed by atoms with van der Waals surface area (Å²) in [5, 5.41) is 0. The Morgan fingerprint density at radius 2 is 1.71 bits per heavy atom. The summed E-state index contributed by atoms with van der Waals surface area (Å²) in [7, 11) is 4.02. The van der Waals surface area contributed by atoms with E-state index in [4.69, 9.17) is 0 Å². The highest BCUT2D eigenvalue weighted by atomic mass is 16.2. The highest BCUT2D eigenvalue weighted by molar-refractivity contribution is 6.28. The van der Waals surface area contributed by atoms with E-state index in [0.717, 1.165) is 10.5 Å². The van der Waals surface area contributed by atoms with Crippen molar-refractivity contribution in [2.75, 3.05) is 25.5 Å². The Morgan fingerprint density at radius 1 is 1.00 bits per heavy atom. The quantitative estimate of drug-likeness (QED) is 0.457. The van der Waals surface area contributed by atoms with Crippen LogP contribution in [0.4, 0.5) is 5.82 Å². The maximum absolute atomic E-state index is 13.3. The van der Waals surface area contributed by atoms with Crippen LogP contribution in [0.25, 0.3) is 0 Å². The second-order valence-electron chi connectivity index (χ2n) is 7.64. The molecule has 2 atom stereocenters. The maximum atomic E-state index is 13.3. The van der Waals surface area contributed by atoms with Crippen molar-refractivity contribution in [3.05, 3.63) is 95.7 Å². The van der Waals surface area contributed by atoms with Crippen molar-refractivity contribution < 1.29 is 9.59 Å². The zero-order valence-electron chi connectivity index (χ0n) is 17.6. The van der Waals surface area contributed by atoms with E-state index in [2.05, 4.69) is 27.0 Å². The Morgan fingerprint density at radius 3 is 2.42 bits per heavy atom. The lowest BCUT2D eigenvalue weighted by molar-refractivity contribution is -0.118. The molecule has 3 aromatic rings. The summed E-state index contributed by atoms with van der Waals surface area (Å²) >= 11 is 0. The number of pyridine rings is 1. The second-order valence-corrected chi connectivity index (χ2v) is 7.64. The van der Waals surface area contributed by atoms with Gasteiger partial charge in [0.25, 0.3) is 5.91 Å². The first-order chi connectivity index (χ1) is 15.1. The van der Waals surface area contributed by atoms with Crippen LogP contribution in [0.2, 0.25) is 0 Å². The van der Waals surface area contributed by atoms with Gasteiger partial charge in [-0.2, -0.15) is 0 Å².